The van der Waals surface area contributed by atoms with Crippen molar-refractivity contribution in [3.63, 3.8) is 0 Å². The van der Waals surface area contributed by atoms with Crippen LogP contribution in [0.15, 0.2) is 31.0 Å². The van der Waals surface area contributed by atoms with Gasteiger partial charge in [0.25, 0.3) is 5.91 Å². The fourth-order valence-corrected chi connectivity index (χ4v) is 3.46. The first-order valence-electron chi connectivity index (χ1n) is 8.72. The van der Waals surface area contributed by atoms with E-state index in [1.165, 1.54) is 0 Å². The van der Waals surface area contributed by atoms with Gasteiger partial charge in [0.2, 0.25) is 0 Å². The van der Waals surface area contributed by atoms with E-state index in [-0.39, 0.29) is 11.8 Å². The molecule has 0 spiro atoms. The smallest absolute Gasteiger partial charge is 0.257 e. The van der Waals surface area contributed by atoms with Crippen LogP contribution in [0.3, 0.4) is 0 Å². The van der Waals surface area contributed by atoms with Gasteiger partial charge in [0.15, 0.2) is 5.82 Å². The maximum Gasteiger partial charge on any atom is 0.257 e. The number of rotatable bonds is 3. The quantitative estimate of drug-likeness (QED) is 0.778. The normalized spacial score (nSPS) is 17.5. The average Bonchev–Trinajstić information content (AvgIpc) is 3.29. The number of piperidine rings is 1. The molecule has 8 heteroatoms. The molecule has 134 valence electrons. The van der Waals surface area contributed by atoms with Crippen molar-refractivity contribution < 1.29 is 4.79 Å². The molecule has 1 amide bonds. The molecular formula is C18H21N7O. The SMILES string of the molecule is Cc1cnc(-c2nccnc2C2CCCN(C(=O)c3cnn(C)c3)C2)[nH]1. The molecule has 3 aromatic heterocycles. The first-order chi connectivity index (χ1) is 12.6. The van der Waals surface area contributed by atoms with E-state index in [0.29, 0.717) is 12.1 Å². The van der Waals surface area contributed by atoms with Crippen LogP contribution in [-0.2, 0) is 7.05 Å². The molecule has 0 saturated carbocycles. The molecule has 1 aliphatic heterocycles. The Morgan fingerprint density at radius 3 is 2.81 bits per heavy atom. The van der Waals surface area contributed by atoms with Crippen molar-refractivity contribution in [1.29, 1.82) is 0 Å². The zero-order valence-corrected chi connectivity index (χ0v) is 14.9. The molecule has 0 bridgehead atoms. The number of likely N-dealkylation sites (tertiary alicyclic amines) is 1. The number of carbonyl (C=O) groups excluding carboxylic acids is 1. The highest BCUT2D eigenvalue weighted by atomic mass is 16.2. The number of nitrogens with one attached hydrogen (secondary N) is 1. The largest absolute Gasteiger partial charge is 0.341 e. The number of amides is 1. The predicted molar refractivity (Wildman–Crippen MR) is 95.4 cm³/mol. The molecule has 1 fully saturated rings. The molecule has 1 aliphatic rings. The molecule has 4 rings (SSSR count). The van der Waals surface area contributed by atoms with E-state index in [9.17, 15) is 4.79 Å². The van der Waals surface area contributed by atoms with Crippen molar-refractivity contribution in [3.05, 3.63) is 47.9 Å². The molecule has 0 aromatic carbocycles. The van der Waals surface area contributed by atoms with Crippen LogP contribution in [0.4, 0.5) is 0 Å². The molecule has 1 saturated heterocycles. The first kappa shape index (κ1) is 16.4. The minimum atomic E-state index is 0.0158. The second-order valence-corrected chi connectivity index (χ2v) is 6.70. The first-order valence-corrected chi connectivity index (χ1v) is 8.72. The topological polar surface area (TPSA) is 92.6 Å². The van der Waals surface area contributed by atoms with Gasteiger partial charge in [0.1, 0.15) is 5.69 Å². The number of hydrogen-bond donors (Lipinski definition) is 1. The number of imidazole rings is 1. The zero-order chi connectivity index (χ0) is 18.1. The van der Waals surface area contributed by atoms with Crippen molar-refractivity contribution in [2.45, 2.75) is 25.7 Å². The lowest BCUT2D eigenvalue weighted by Gasteiger charge is -2.32. The minimum Gasteiger partial charge on any atom is -0.341 e. The van der Waals surface area contributed by atoms with Crippen molar-refractivity contribution in [1.82, 2.24) is 34.6 Å². The maximum atomic E-state index is 12.8. The summed E-state index contributed by atoms with van der Waals surface area (Å²) in [6, 6.07) is 0. The van der Waals surface area contributed by atoms with Crippen LogP contribution in [0.1, 0.15) is 40.5 Å². The lowest BCUT2D eigenvalue weighted by Crippen LogP contribution is -2.39. The Morgan fingerprint density at radius 2 is 2.08 bits per heavy atom. The Bertz CT molecular complexity index is 929. The Kier molecular flexibility index (Phi) is 4.24. The van der Waals surface area contributed by atoms with Gasteiger partial charge in [0, 0.05) is 56.5 Å². The summed E-state index contributed by atoms with van der Waals surface area (Å²) in [5.74, 6) is 0.877. The molecule has 3 aromatic rings. The van der Waals surface area contributed by atoms with Gasteiger partial charge in [-0.15, -0.1) is 0 Å². The van der Waals surface area contributed by atoms with Crippen LogP contribution in [0.25, 0.3) is 11.5 Å². The van der Waals surface area contributed by atoms with E-state index < -0.39 is 0 Å². The van der Waals surface area contributed by atoms with Crippen LogP contribution in [0, 0.1) is 6.92 Å². The highest BCUT2D eigenvalue weighted by Crippen LogP contribution is 2.31. The highest BCUT2D eigenvalue weighted by Gasteiger charge is 2.29. The second kappa shape index (κ2) is 6.70. The van der Waals surface area contributed by atoms with Gasteiger partial charge < -0.3 is 9.88 Å². The number of carbonyl (C=O) groups is 1. The Hall–Kier alpha value is -3.03. The summed E-state index contributed by atoms with van der Waals surface area (Å²) in [7, 11) is 1.81. The Balaban J connectivity index is 1.60. The number of aryl methyl sites for hydroxylation is 2. The van der Waals surface area contributed by atoms with Gasteiger partial charge in [-0.25, -0.2) is 9.97 Å². The van der Waals surface area contributed by atoms with Gasteiger partial charge in [0.05, 0.1) is 17.5 Å². The Morgan fingerprint density at radius 1 is 1.23 bits per heavy atom. The summed E-state index contributed by atoms with van der Waals surface area (Å²) < 4.78 is 1.65. The minimum absolute atomic E-state index is 0.0158. The third-order valence-corrected chi connectivity index (χ3v) is 4.70. The summed E-state index contributed by atoms with van der Waals surface area (Å²) in [6.45, 7) is 3.33. The van der Waals surface area contributed by atoms with Gasteiger partial charge in [-0.3, -0.25) is 14.5 Å². The van der Waals surface area contributed by atoms with Gasteiger partial charge in [-0.05, 0) is 19.8 Å². The molecule has 1 unspecified atom stereocenters. The summed E-state index contributed by atoms with van der Waals surface area (Å²) >= 11 is 0. The number of hydrogen-bond acceptors (Lipinski definition) is 5. The van der Waals surface area contributed by atoms with Gasteiger partial charge in [-0.2, -0.15) is 5.10 Å². The molecule has 1 atom stereocenters. The van der Waals surface area contributed by atoms with E-state index in [0.717, 1.165) is 42.3 Å². The maximum absolute atomic E-state index is 12.8. The van der Waals surface area contributed by atoms with Crippen LogP contribution in [-0.4, -0.2) is 53.6 Å². The van der Waals surface area contributed by atoms with Crippen LogP contribution in [0.2, 0.25) is 0 Å². The predicted octanol–water partition coefficient (Wildman–Crippen LogP) is 1.93. The number of nitrogens with zero attached hydrogens (tertiary/aromatic N) is 6. The monoisotopic (exact) mass is 351 g/mol. The molecule has 0 aliphatic carbocycles. The standard InChI is InChI=1S/C18H21N7O/c1-12-8-21-17(23-12)16-15(19-5-6-20-16)13-4-3-7-25(11-13)18(26)14-9-22-24(2)10-14/h5-6,8-10,13H,3-4,7,11H2,1-2H3,(H,21,23). The van der Waals surface area contributed by atoms with Crippen molar-refractivity contribution in [2.75, 3.05) is 13.1 Å². The summed E-state index contributed by atoms with van der Waals surface area (Å²) in [5.41, 5.74) is 3.26. The van der Waals surface area contributed by atoms with Gasteiger partial charge in [-0.1, -0.05) is 0 Å². The molecule has 0 radical (unpaired) electrons. The molecular weight excluding hydrogens is 330 g/mol. The highest BCUT2D eigenvalue weighted by molar-refractivity contribution is 5.93. The lowest BCUT2D eigenvalue weighted by atomic mass is 9.92. The van der Waals surface area contributed by atoms with Crippen molar-refractivity contribution in [3.8, 4) is 11.5 Å². The van der Waals surface area contributed by atoms with E-state index in [1.807, 2.05) is 18.9 Å². The van der Waals surface area contributed by atoms with Crippen molar-refractivity contribution in [2.24, 2.45) is 7.05 Å². The van der Waals surface area contributed by atoms with E-state index in [2.05, 4.69) is 25.0 Å². The van der Waals surface area contributed by atoms with Crippen molar-refractivity contribution >= 4 is 5.91 Å². The van der Waals surface area contributed by atoms with Crippen LogP contribution < -0.4 is 0 Å². The molecule has 1 N–H and O–H groups in total. The van der Waals surface area contributed by atoms with Crippen LogP contribution in [0.5, 0.6) is 0 Å². The fraction of sp³-hybridized carbons (Fsp3) is 0.389. The van der Waals surface area contributed by atoms with E-state index >= 15 is 0 Å². The summed E-state index contributed by atoms with van der Waals surface area (Å²) in [5, 5.41) is 4.10. The van der Waals surface area contributed by atoms with Crippen LogP contribution >= 0.6 is 0 Å². The number of aromatic amines is 1. The second-order valence-electron chi connectivity index (χ2n) is 6.70. The molecule has 26 heavy (non-hydrogen) atoms. The Labute approximate surface area is 151 Å². The zero-order valence-electron chi connectivity index (χ0n) is 14.9. The lowest BCUT2D eigenvalue weighted by molar-refractivity contribution is 0.0706. The molecule has 4 heterocycles. The summed E-state index contributed by atoms with van der Waals surface area (Å²) in [4.78, 5) is 31.4. The number of H-pyrrole nitrogens is 1. The third-order valence-electron chi connectivity index (χ3n) is 4.70. The third kappa shape index (κ3) is 3.10. The fourth-order valence-electron chi connectivity index (χ4n) is 3.46. The summed E-state index contributed by atoms with van der Waals surface area (Å²) in [6.07, 6.45) is 10.4. The number of aromatic nitrogens is 6. The average molecular weight is 351 g/mol. The molecule has 8 nitrogen and oxygen atoms in total. The van der Waals surface area contributed by atoms with E-state index in [1.54, 1.807) is 35.7 Å². The van der Waals surface area contributed by atoms with E-state index in [4.69, 9.17) is 0 Å². The van der Waals surface area contributed by atoms with Gasteiger partial charge >= 0.3 is 0 Å².